The molecule has 0 aliphatic heterocycles. The van der Waals surface area contributed by atoms with Gasteiger partial charge in [0, 0.05) is 11.8 Å². The van der Waals surface area contributed by atoms with Crippen LogP contribution in [0.25, 0.3) is 0 Å². The van der Waals surface area contributed by atoms with Gasteiger partial charge in [0.2, 0.25) is 5.67 Å². The summed E-state index contributed by atoms with van der Waals surface area (Å²) in [5, 5.41) is 18.3. The predicted octanol–water partition coefficient (Wildman–Crippen LogP) is 1.82. The van der Waals surface area contributed by atoms with Crippen molar-refractivity contribution in [3.63, 3.8) is 0 Å². The summed E-state index contributed by atoms with van der Waals surface area (Å²) in [5.74, 6) is -5.82. The van der Waals surface area contributed by atoms with E-state index in [2.05, 4.69) is 0 Å². The number of rotatable bonds is 5. The first-order chi connectivity index (χ1) is 11.9. The molecule has 2 fully saturated rings. The van der Waals surface area contributed by atoms with Crippen LogP contribution in [0.3, 0.4) is 0 Å². The number of halogens is 4. The number of nitrogens with two attached hydrogens (primary N) is 1. The van der Waals surface area contributed by atoms with Gasteiger partial charge in [-0.3, -0.25) is 4.79 Å². The number of carbonyl (C=O) groups is 2. The highest BCUT2D eigenvalue weighted by atomic mass is 19.4. The SMILES string of the molecule is N[C@]1(C(=O)O)C2[C@@H](C[C@H]1OCc1ccc(C(F)(F)F)cc1)[C@]2(F)C(=O)O. The van der Waals surface area contributed by atoms with E-state index in [4.69, 9.17) is 15.6 Å². The molecule has 2 aliphatic rings. The van der Waals surface area contributed by atoms with Crippen molar-refractivity contribution in [2.45, 2.75) is 36.5 Å². The Morgan fingerprint density at radius 2 is 1.77 bits per heavy atom. The molecule has 2 aliphatic carbocycles. The number of fused-ring (bicyclic) bond motifs is 1. The zero-order chi connectivity index (χ0) is 19.5. The number of carboxylic acid groups (broad SMARTS) is 2. The molecule has 0 spiro atoms. The number of hydrogen-bond donors (Lipinski definition) is 3. The molecule has 142 valence electrons. The van der Waals surface area contributed by atoms with Crippen LogP contribution < -0.4 is 5.73 Å². The maximum atomic E-state index is 14.4. The van der Waals surface area contributed by atoms with Gasteiger partial charge in [0.15, 0.2) is 0 Å². The topological polar surface area (TPSA) is 110 Å². The van der Waals surface area contributed by atoms with Crippen molar-refractivity contribution in [3.05, 3.63) is 35.4 Å². The molecule has 6 nitrogen and oxygen atoms in total. The van der Waals surface area contributed by atoms with Gasteiger partial charge in [-0.05, 0) is 24.1 Å². The summed E-state index contributed by atoms with van der Waals surface area (Å²) in [6.45, 7) is -0.235. The lowest BCUT2D eigenvalue weighted by molar-refractivity contribution is -0.156. The van der Waals surface area contributed by atoms with Crippen LogP contribution in [0.1, 0.15) is 17.5 Å². The largest absolute Gasteiger partial charge is 0.480 e. The molecule has 0 heterocycles. The maximum Gasteiger partial charge on any atom is 0.416 e. The van der Waals surface area contributed by atoms with E-state index in [0.717, 1.165) is 12.1 Å². The van der Waals surface area contributed by atoms with Gasteiger partial charge in [-0.2, -0.15) is 13.2 Å². The molecule has 0 aromatic heterocycles. The first-order valence-electron chi connectivity index (χ1n) is 7.65. The Bertz CT molecular complexity index is 752. The van der Waals surface area contributed by atoms with E-state index in [1.807, 2.05) is 0 Å². The average molecular weight is 377 g/mol. The van der Waals surface area contributed by atoms with Gasteiger partial charge in [0.05, 0.1) is 18.3 Å². The van der Waals surface area contributed by atoms with Crippen LogP contribution in [0.15, 0.2) is 24.3 Å². The third-order valence-corrected chi connectivity index (χ3v) is 5.23. The van der Waals surface area contributed by atoms with E-state index in [1.54, 1.807) is 0 Å². The van der Waals surface area contributed by atoms with E-state index < -0.39 is 52.8 Å². The molecule has 0 radical (unpaired) electrons. The van der Waals surface area contributed by atoms with Crippen molar-refractivity contribution >= 4 is 11.9 Å². The van der Waals surface area contributed by atoms with Gasteiger partial charge in [-0.25, -0.2) is 9.18 Å². The average Bonchev–Trinajstić information content (AvgIpc) is 3.02. The van der Waals surface area contributed by atoms with Gasteiger partial charge < -0.3 is 20.7 Å². The fourth-order valence-corrected chi connectivity index (χ4v) is 3.79. The molecule has 0 amide bonds. The van der Waals surface area contributed by atoms with Crippen LogP contribution >= 0.6 is 0 Å². The summed E-state index contributed by atoms with van der Waals surface area (Å²) < 4.78 is 57.4. The van der Waals surface area contributed by atoms with Crippen LogP contribution in [0.5, 0.6) is 0 Å². The number of aliphatic carboxylic acids is 2. The van der Waals surface area contributed by atoms with Crippen molar-refractivity contribution in [3.8, 4) is 0 Å². The fraction of sp³-hybridized carbons (Fsp3) is 0.500. The van der Waals surface area contributed by atoms with E-state index in [9.17, 15) is 32.3 Å². The van der Waals surface area contributed by atoms with Gasteiger partial charge in [-0.1, -0.05) is 12.1 Å². The second kappa shape index (κ2) is 5.65. The van der Waals surface area contributed by atoms with Crippen LogP contribution in [0.4, 0.5) is 17.6 Å². The normalized spacial score (nSPS) is 35.8. The van der Waals surface area contributed by atoms with E-state index in [-0.39, 0.29) is 13.0 Å². The molecule has 1 aromatic rings. The second-order valence-electron chi connectivity index (χ2n) is 6.63. The highest BCUT2D eigenvalue weighted by Crippen LogP contribution is 2.67. The Balaban J connectivity index is 1.71. The Labute approximate surface area is 144 Å². The molecular weight excluding hydrogens is 362 g/mol. The van der Waals surface area contributed by atoms with Crippen LogP contribution in [-0.4, -0.2) is 39.5 Å². The molecule has 0 bridgehead atoms. The van der Waals surface area contributed by atoms with Gasteiger partial charge >= 0.3 is 18.1 Å². The standard InChI is InChI=1S/C16H15F4NO5/c17-14(12(22)23)9-5-10(15(21,11(9)14)13(24)25)26-6-7-1-3-8(4-2-7)16(18,19)20/h1-4,9-11H,5-6,21H2,(H,22,23)(H,24,25)/t9-,10-,11?,14-,15+/m1/s1. The van der Waals surface area contributed by atoms with Crippen molar-refractivity contribution in [1.82, 2.24) is 0 Å². The highest BCUT2D eigenvalue weighted by molar-refractivity contribution is 5.90. The Kier molecular flexibility index (Phi) is 4.04. The minimum absolute atomic E-state index is 0.198. The van der Waals surface area contributed by atoms with Crippen LogP contribution in [0, 0.1) is 11.8 Å². The molecule has 3 rings (SSSR count). The van der Waals surface area contributed by atoms with Gasteiger partial charge in [-0.15, -0.1) is 0 Å². The minimum atomic E-state index is -4.48. The van der Waals surface area contributed by atoms with E-state index in [1.165, 1.54) is 12.1 Å². The molecule has 5 atom stereocenters. The smallest absolute Gasteiger partial charge is 0.416 e. The lowest BCUT2D eigenvalue weighted by Gasteiger charge is -2.31. The third kappa shape index (κ3) is 2.55. The zero-order valence-electron chi connectivity index (χ0n) is 13.2. The number of alkyl halides is 4. The van der Waals surface area contributed by atoms with Crippen molar-refractivity contribution in [1.29, 1.82) is 0 Å². The quantitative estimate of drug-likeness (QED) is 0.676. The van der Waals surface area contributed by atoms with Gasteiger partial charge in [0.1, 0.15) is 5.54 Å². The van der Waals surface area contributed by atoms with Crippen LogP contribution in [-0.2, 0) is 27.1 Å². The lowest BCUT2D eigenvalue weighted by Crippen LogP contribution is -2.60. The van der Waals surface area contributed by atoms with Crippen LogP contribution in [0.2, 0.25) is 0 Å². The second-order valence-corrected chi connectivity index (χ2v) is 6.63. The summed E-state index contributed by atoms with van der Waals surface area (Å²) in [6.07, 6.45) is -5.83. The number of carboxylic acids is 2. The monoisotopic (exact) mass is 377 g/mol. The summed E-state index contributed by atoms with van der Waals surface area (Å²) >= 11 is 0. The number of benzene rings is 1. The van der Waals surface area contributed by atoms with Crippen molar-refractivity contribution < 1.29 is 42.1 Å². The fourth-order valence-electron chi connectivity index (χ4n) is 3.79. The maximum absolute atomic E-state index is 14.4. The molecular formula is C16H15F4NO5. The third-order valence-electron chi connectivity index (χ3n) is 5.23. The minimum Gasteiger partial charge on any atom is -0.480 e. The molecule has 1 unspecified atom stereocenters. The summed E-state index contributed by atoms with van der Waals surface area (Å²) in [5.41, 5.74) is 0.403. The van der Waals surface area contributed by atoms with Crippen molar-refractivity contribution in [2.24, 2.45) is 17.6 Å². The first-order valence-corrected chi connectivity index (χ1v) is 7.65. The van der Waals surface area contributed by atoms with E-state index in [0.29, 0.717) is 5.56 Å². The van der Waals surface area contributed by atoms with Gasteiger partial charge in [0.25, 0.3) is 0 Å². The Morgan fingerprint density at radius 3 is 2.23 bits per heavy atom. The molecule has 10 heteroatoms. The molecule has 2 saturated carbocycles. The lowest BCUT2D eigenvalue weighted by atomic mass is 9.88. The summed E-state index contributed by atoms with van der Waals surface area (Å²) in [6, 6.07) is 4.06. The Hall–Kier alpha value is -2.20. The Morgan fingerprint density at radius 1 is 1.19 bits per heavy atom. The van der Waals surface area contributed by atoms with E-state index >= 15 is 0 Å². The molecule has 1 aromatic carbocycles. The first kappa shape index (κ1) is 18.6. The molecule has 4 N–H and O–H groups in total. The molecule has 26 heavy (non-hydrogen) atoms. The molecule has 0 saturated heterocycles. The summed E-state index contributed by atoms with van der Waals surface area (Å²) in [7, 11) is 0. The predicted molar refractivity (Wildman–Crippen MR) is 77.6 cm³/mol. The number of ether oxygens (including phenoxy) is 1. The zero-order valence-corrected chi connectivity index (χ0v) is 13.2. The number of hydrogen-bond acceptors (Lipinski definition) is 4. The summed E-state index contributed by atoms with van der Waals surface area (Å²) in [4.78, 5) is 22.6. The van der Waals surface area contributed by atoms with Crippen molar-refractivity contribution in [2.75, 3.05) is 0 Å². The highest BCUT2D eigenvalue weighted by Gasteiger charge is 2.85.